The van der Waals surface area contributed by atoms with Gasteiger partial charge in [-0.3, -0.25) is 92.7 Å². The quantitative estimate of drug-likeness (QED) is 0.0380. The van der Waals surface area contributed by atoms with Gasteiger partial charge in [-0.15, -0.1) is 0 Å². The molecule has 42 nitrogen and oxygen atoms in total. The minimum absolute atomic E-state index is 0.0736. The Morgan fingerprint density at radius 3 is 1.29 bits per heavy atom. The Morgan fingerprint density at radius 1 is 0.573 bits per heavy atom. The van der Waals surface area contributed by atoms with Crippen LogP contribution in [0.3, 0.4) is 0 Å². The van der Waals surface area contributed by atoms with Crippen LogP contribution in [-0.4, -0.2) is 216 Å². The molecule has 0 saturated carbocycles. The van der Waals surface area contributed by atoms with Gasteiger partial charge in [0.2, 0.25) is 17.7 Å². The number of aromatic amines is 4. The molecule has 4 fully saturated rings. The molecule has 12 rings (SSSR count). The highest BCUT2D eigenvalue weighted by Gasteiger charge is 2.61. The van der Waals surface area contributed by atoms with Gasteiger partial charge in [0.05, 0.1) is 63.5 Å². The number of aliphatic hydroxyl groups is 3. The summed E-state index contributed by atoms with van der Waals surface area (Å²) in [6.45, 7) is 26.7. The Hall–Kier alpha value is -9.67. The molecule has 0 aromatic carbocycles. The van der Waals surface area contributed by atoms with E-state index in [0.717, 1.165) is 11.0 Å². The molecule has 3 amide bonds. The minimum Gasteiger partial charge on any atom is -0.393 e. The summed E-state index contributed by atoms with van der Waals surface area (Å²) < 4.78 is 44.8. The van der Waals surface area contributed by atoms with E-state index >= 15 is 0 Å². The van der Waals surface area contributed by atoms with E-state index in [1.54, 1.807) is 20.8 Å². The number of nitrogens with one attached hydrogen (secondary N) is 11. The number of hydrogen-bond acceptors (Lipinski definition) is 31. The van der Waals surface area contributed by atoms with Crippen LogP contribution in [0.5, 0.6) is 0 Å². The van der Waals surface area contributed by atoms with Crippen LogP contribution in [0, 0.1) is 44.9 Å². The molecule has 5 unspecified atom stereocenters. The zero-order valence-electron chi connectivity index (χ0n) is 63.7. The van der Waals surface area contributed by atoms with E-state index in [-0.39, 0.29) is 103 Å². The van der Waals surface area contributed by atoms with E-state index in [4.69, 9.17) is 39.0 Å². The molecule has 16 N–H and O–H groups in total. The lowest BCUT2D eigenvalue weighted by Crippen LogP contribution is -2.53. The van der Waals surface area contributed by atoms with Gasteiger partial charge in [0.15, 0.2) is 48.7 Å². The maximum absolute atomic E-state index is 12.9. The number of carbonyl (C=O) groups is 3. The predicted octanol–water partition coefficient (Wildman–Crippen LogP) is -3.63. The first-order chi connectivity index (χ1) is 51.8. The van der Waals surface area contributed by atoms with Crippen molar-refractivity contribution in [1.82, 2.24) is 80.1 Å². The summed E-state index contributed by atoms with van der Waals surface area (Å²) in [7, 11) is -1.66. The highest BCUT2D eigenvalue weighted by Crippen LogP contribution is 2.54. The summed E-state index contributed by atoms with van der Waals surface area (Å²) >= 11 is 0. The molecule has 4 saturated heterocycles. The fourth-order valence-electron chi connectivity index (χ4n) is 14.3. The van der Waals surface area contributed by atoms with E-state index in [2.05, 4.69) is 94.8 Å². The van der Waals surface area contributed by atoms with Gasteiger partial charge in [-0.05, 0) is 74.7 Å². The van der Waals surface area contributed by atoms with Crippen LogP contribution in [0.2, 0.25) is 0 Å². The summed E-state index contributed by atoms with van der Waals surface area (Å²) in [5, 5.41) is 60.1. The largest absolute Gasteiger partial charge is 0.393 e. The van der Waals surface area contributed by atoms with Crippen LogP contribution in [0.1, 0.15) is 149 Å². The third kappa shape index (κ3) is 17.4. The number of carbonyl (C=O) groups excluding carboxylic acids is 3. The summed E-state index contributed by atoms with van der Waals surface area (Å²) in [4.78, 5) is 157. The Morgan fingerprint density at radius 2 is 0.909 bits per heavy atom. The van der Waals surface area contributed by atoms with Gasteiger partial charge < -0.3 is 70.3 Å². The molecular weight excluding hydrogens is 1460 g/mol. The normalized spacial score (nSPS) is 29.7. The molecule has 0 spiro atoms. The second-order valence-corrected chi connectivity index (χ2v) is 30.0. The molecule has 8 bridgehead atoms. The lowest BCUT2D eigenvalue weighted by atomic mass is 9.84. The average molecular weight is 1560 g/mol. The van der Waals surface area contributed by atoms with Gasteiger partial charge in [0.1, 0.15) is 53.2 Å². The number of hydrogen-bond donors (Lipinski definition) is 15. The number of H-pyrrole nitrogens is 4. The van der Waals surface area contributed by atoms with Crippen LogP contribution in [0.15, 0.2) is 83.1 Å². The Balaban J connectivity index is 0.000000173. The number of amides is 3. The van der Waals surface area contributed by atoms with Crippen LogP contribution >= 0.6 is 8.53 Å². The number of nitrogens with zero attached hydrogens (tertiary/aromatic N) is 10. The lowest BCUT2D eigenvalue weighted by Gasteiger charge is -2.40. The smallest absolute Gasteiger partial charge is 0.330 e. The molecule has 602 valence electrons. The van der Waals surface area contributed by atoms with Gasteiger partial charge in [-0.1, -0.05) is 27.7 Å². The summed E-state index contributed by atoms with van der Waals surface area (Å²) in [6, 6.07) is -0.234. The number of fused-ring (bicyclic) bond motifs is 8. The molecule has 4 aromatic heterocycles. The summed E-state index contributed by atoms with van der Waals surface area (Å²) in [5.74, 6) is 0.0576. The van der Waals surface area contributed by atoms with Crippen molar-refractivity contribution in [2.75, 3.05) is 39.4 Å². The zero-order valence-corrected chi connectivity index (χ0v) is 64.6. The number of nitrogens with two attached hydrogens (primary N) is 1. The number of aryl methyl sites for hydroxylation is 4. The van der Waals surface area contributed by atoms with Crippen molar-refractivity contribution in [1.29, 1.82) is 5.26 Å². The van der Waals surface area contributed by atoms with Crippen molar-refractivity contribution in [3.63, 3.8) is 0 Å². The molecule has 8 aliphatic rings. The zero-order chi connectivity index (χ0) is 81.0. The maximum Gasteiger partial charge on any atom is 0.330 e. The number of ether oxygens (including phenoxy) is 4. The first-order valence-corrected chi connectivity index (χ1v) is 37.0. The molecule has 110 heavy (non-hydrogen) atoms. The van der Waals surface area contributed by atoms with Gasteiger partial charge in [0, 0.05) is 85.8 Å². The number of aromatic nitrogens is 8. The van der Waals surface area contributed by atoms with Crippen LogP contribution in [0.4, 0.5) is 0 Å². The van der Waals surface area contributed by atoms with Crippen LogP contribution in [-0.2, 0) is 42.4 Å². The Bertz CT molecular complexity index is 4640. The van der Waals surface area contributed by atoms with Crippen molar-refractivity contribution >= 4 is 50.1 Å². The standard InChI is InChI=1S/C24H38N7O6P.C15H21N5O5.C14H19N5O6.C14H21N5O3/c1-8-24-13-26-22(27-17(7)32)28-18(21(36-24)30-12-16(6)20(33)29-23(30)34)19(24)37-38(35-11-9-10-25)31(14(2)3)15(4)5;1-4-15-6-16-13(17-8(3)21)18-9(10(15)22)12(25-15)20-5-7(2)11(23)19-14(20)24;1-6-3-19(13(24)18-10(6)23)11-8-9(22)14(5-20,25-11)4-15-12(17-8)16-7(2)21;1-4-14-6-16-12(15)17-9(8(14)3)11(22-14)19-5-7(2)10(20)18-13(19)21/h12,14-15,18-19,21H,8-9,11,13H2,1-7H3,(H,29,33,34)(H2,26,27,28,32);5,9-10,12,22H,4,6H2,1-3H3,(H,19,23,24)(H2,16,17,18,21);3,8-9,11,20,22H,4-5H2,1-2H3,(H,18,23,24)(H2,15,16,17,21);5,8-9,11H,4,6H2,1-3H3,(H3,15,16,17)(H,18,20,21)/t18-,19?,21+,24-,38?;9-,10?,12+,15-;8-,9?,11+,14+;8?,9-,11+,14-/m0000/s1. The van der Waals surface area contributed by atoms with E-state index in [1.165, 1.54) is 66.2 Å². The van der Waals surface area contributed by atoms with Crippen LogP contribution in [0.25, 0.3) is 0 Å². The number of rotatable bonds is 16. The minimum atomic E-state index is -1.66. The molecule has 43 heteroatoms. The van der Waals surface area contributed by atoms with E-state index in [0.29, 0.717) is 42.0 Å². The first kappa shape index (κ1) is 84.4. The highest BCUT2D eigenvalue weighted by atomic mass is 31.2. The maximum atomic E-state index is 12.9. The van der Waals surface area contributed by atoms with Gasteiger partial charge in [0.25, 0.3) is 30.8 Å². The van der Waals surface area contributed by atoms with Crippen molar-refractivity contribution in [2.45, 2.75) is 231 Å². The van der Waals surface area contributed by atoms with Crippen molar-refractivity contribution in [3.05, 3.63) is 130 Å². The molecule has 17 atom stereocenters. The second kappa shape index (κ2) is 34.3. The van der Waals surface area contributed by atoms with E-state index in [1.807, 2.05) is 48.5 Å². The average Bonchev–Trinajstić information content (AvgIpc) is 1.60. The highest BCUT2D eigenvalue weighted by molar-refractivity contribution is 7.44. The Kier molecular flexibility index (Phi) is 26.3. The van der Waals surface area contributed by atoms with Gasteiger partial charge in [-0.2, -0.15) is 5.26 Å². The third-order valence-corrected chi connectivity index (χ3v) is 22.5. The molecule has 0 radical (unpaired) electrons. The van der Waals surface area contributed by atoms with E-state index in [9.17, 15) is 68.1 Å². The fraction of sp³-hybridized carbons (Fsp3) is 0.642. The van der Waals surface area contributed by atoms with Crippen molar-refractivity contribution in [3.8, 4) is 6.07 Å². The number of aliphatic imine (C=N–C) groups is 4. The fourth-order valence-corrected chi connectivity index (χ4v) is 16.1. The molecular formula is C67H99N22O20P. The summed E-state index contributed by atoms with van der Waals surface area (Å²) in [5.41, 5.74) is -0.891. The van der Waals surface area contributed by atoms with Crippen LogP contribution < -0.4 is 87.9 Å². The monoisotopic (exact) mass is 1560 g/mol. The predicted molar refractivity (Wildman–Crippen MR) is 397 cm³/mol. The number of guanidine groups is 4. The van der Waals surface area contributed by atoms with Crippen molar-refractivity contribution in [2.24, 2.45) is 31.6 Å². The first-order valence-electron chi connectivity index (χ1n) is 35.9. The second-order valence-electron chi connectivity index (χ2n) is 28.6. The topological polar surface area (TPSA) is 573 Å². The Labute approximate surface area is 629 Å². The number of aliphatic hydroxyl groups excluding tert-OH is 3. The van der Waals surface area contributed by atoms with Crippen molar-refractivity contribution < 1.29 is 57.7 Å². The summed E-state index contributed by atoms with van der Waals surface area (Å²) in [6.07, 6.45) is 1.46. The molecule has 8 aliphatic heterocycles. The molecule has 12 heterocycles. The van der Waals surface area contributed by atoms with Gasteiger partial charge in [-0.25, -0.2) is 38.8 Å². The lowest BCUT2D eigenvalue weighted by molar-refractivity contribution is -0.122. The van der Waals surface area contributed by atoms with Gasteiger partial charge >= 0.3 is 22.8 Å². The molecule has 4 aromatic rings. The number of nitriles is 1. The van der Waals surface area contributed by atoms with E-state index < -0.39 is 138 Å². The SMILES string of the molecule is CC(=O)NC1=NC[C@]2(CO)O[C@@H](n3cc(C)c(=O)[nH]c3=O)[C@@H](N1)C2O.CC[C@]12CN=C(N)N[C@@H](C1C)[C@H](n1cc(C)c(=O)[nH]c1=O)O2.CC[C@]12CN=C(NC(C)=O)N[C@@H](C1O)[C@H](n1cc(C)c(=O)[nH]c1=O)O2.CC[C@]12CN=C(NC(C)=O)N[C@@H](C1OP(OCCC#N)N(C(C)C)C(C)C)[C@H](n1cc(C)c(=O)[nH]c1=O)O2. The third-order valence-electron chi connectivity index (χ3n) is 20.4. The molecule has 0 aliphatic carbocycles.